The zero-order chi connectivity index (χ0) is 2.71. The SMILES string of the molecule is O=[Si]=O.[Ba+2].[Ca+2].[O-2].[O-2]. The van der Waals surface area contributed by atoms with Gasteiger partial charge in [-0.2, -0.15) is 0 Å². The zero-order valence-electron chi connectivity index (χ0n) is 3.55. The molecule has 0 saturated heterocycles. The zero-order valence-corrected chi connectivity index (χ0v) is 11.2. The fraction of sp³-hybridized carbons (Fsp3) is 0. The second-order valence-electron chi connectivity index (χ2n) is 0.0833. The van der Waals surface area contributed by atoms with Crippen molar-refractivity contribution in [1.29, 1.82) is 0 Å². The summed E-state index contributed by atoms with van der Waals surface area (Å²) in [6.07, 6.45) is 0. The van der Waals surface area contributed by atoms with E-state index >= 15 is 0 Å². The van der Waals surface area contributed by atoms with Gasteiger partial charge >= 0.3 is 95.9 Å². The molecule has 0 saturated carbocycles. The van der Waals surface area contributed by atoms with Gasteiger partial charge in [0.2, 0.25) is 0 Å². The first-order valence-corrected chi connectivity index (χ1v) is 1.22. The van der Waals surface area contributed by atoms with E-state index < -0.39 is 9.29 Å². The van der Waals surface area contributed by atoms with Gasteiger partial charge in [-0.1, -0.05) is 0 Å². The molecule has 0 aliphatic carbocycles. The molecule has 0 unspecified atom stereocenters. The Labute approximate surface area is 113 Å². The molecule has 0 radical (unpaired) electrons. The molecule has 0 amide bonds. The number of rotatable bonds is 0. The molecule has 0 aromatic rings. The van der Waals surface area contributed by atoms with Gasteiger partial charge in [-0.3, -0.25) is 8.92 Å². The Morgan fingerprint density at radius 1 is 1.00 bits per heavy atom. The fourth-order valence-electron chi connectivity index (χ4n) is 0. The summed E-state index contributed by atoms with van der Waals surface area (Å²) in [5, 5.41) is 0. The summed E-state index contributed by atoms with van der Waals surface area (Å²) >= 11 is 0. The third-order valence-electron chi connectivity index (χ3n) is 0. The quantitative estimate of drug-likeness (QED) is 0.495. The molecule has 0 aliphatic heterocycles. The molecule has 0 atom stereocenters. The van der Waals surface area contributed by atoms with Crippen LogP contribution in [0.15, 0.2) is 0 Å². The van der Waals surface area contributed by atoms with Crippen LogP contribution in [0.1, 0.15) is 0 Å². The van der Waals surface area contributed by atoms with Gasteiger partial charge in [0.1, 0.15) is 0 Å². The summed E-state index contributed by atoms with van der Waals surface area (Å²) in [6, 6.07) is 0. The van der Waals surface area contributed by atoms with Crippen LogP contribution in [0.4, 0.5) is 0 Å². The Bertz CT molecular complexity index is 32.7. The van der Waals surface area contributed by atoms with Gasteiger partial charge in [-0.15, -0.1) is 0 Å². The summed E-state index contributed by atoms with van der Waals surface area (Å²) in [4.78, 5) is 0. The van der Waals surface area contributed by atoms with Gasteiger partial charge < -0.3 is 11.0 Å². The molecule has 4 nitrogen and oxygen atoms in total. The molecule has 32 valence electrons. The summed E-state index contributed by atoms with van der Waals surface area (Å²) in [5.74, 6) is 0. The first kappa shape index (κ1) is 33.7. The molecule has 7 heteroatoms. The van der Waals surface area contributed by atoms with E-state index in [-0.39, 0.29) is 97.6 Å². The van der Waals surface area contributed by atoms with E-state index in [1.807, 2.05) is 0 Å². The molecule has 0 aromatic heterocycles. The van der Waals surface area contributed by atoms with Crippen LogP contribution >= 0.6 is 0 Å². The van der Waals surface area contributed by atoms with Crippen LogP contribution in [0.25, 0.3) is 0 Å². The Morgan fingerprint density at radius 2 is 1.00 bits per heavy atom. The van der Waals surface area contributed by atoms with Gasteiger partial charge in [0.15, 0.2) is 0 Å². The minimum Gasteiger partial charge on any atom is -2.00 e. The van der Waals surface area contributed by atoms with Crippen molar-refractivity contribution in [2.45, 2.75) is 0 Å². The van der Waals surface area contributed by atoms with Crippen molar-refractivity contribution in [2.75, 3.05) is 0 Å². The third-order valence-corrected chi connectivity index (χ3v) is 0. The Balaban J connectivity index is -0.00000000333. The van der Waals surface area contributed by atoms with Gasteiger partial charge in [-0.25, -0.2) is 0 Å². The summed E-state index contributed by atoms with van der Waals surface area (Å²) in [5.41, 5.74) is 0. The van der Waals surface area contributed by atoms with E-state index in [2.05, 4.69) is 0 Å². The number of hydrogen-bond donors (Lipinski definition) is 0. The van der Waals surface area contributed by atoms with E-state index in [4.69, 9.17) is 8.92 Å². The van der Waals surface area contributed by atoms with Crippen LogP contribution in [0, 0.1) is 0 Å². The van der Waals surface area contributed by atoms with Crippen molar-refractivity contribution in [3.63, 3.8) is 0 Å². The molecule has 0 rings (SSSR count). The molecular formula is BaCaO4Si. The minimum atomic E-state index is -1.42. The van der Waals surface area contributed by atoms with Gasteiger partial charge in [-0.05, 0) is 0 Å². The smallest absolute Gasteiger partial charge is 2.00 e. The molecule has 0 spiro atoms. The van der Waals surface area contributed by atoms with Crippen molar-refractivity contribution >= 4 is 95.9 Å². The average molecular weight is 269 g/mol. The normalized spacial score (nSPS) is 1.14. The van der Waals surface area contributed by atoms with E-state index in [1.165, 1.54) is 0 Å². The predicted octanol–water partition coefficient (Wildman–Crippen LogP) is -1.62. The number of hydrogen-bond acceptors (Lipinski definition) is 2. The molecule has 0 aromatic carbocycles. The molecule has 0 bridgehead atoms. The second kappa shape index (κ2) is 38.5. The van der Waals surface area contributed by atoms with Crippen LogP contribution < -0.4 is 0 Å². The van der Waals surface area contributed by atoms with Crippen molar-refractivity contribution in [3.05, 3.63) is 0 Å². The van der Waals surface area contributed by atoms with Gasteiger partial charge in [0.05, 0.1) is 0 Å². The van der Waals surface area contributed by atoms with Gasteiger partial charge in [0, 0.05) is 0 Å². The topological polar surface area (TPSA) is 91.1 Å². The van der Waals surface area contributed by atoms with Crippen molar-refractivity contribution in [2.24, 2.45) is 0 Å². The van der Waals surface area contributed by atoms with E-state index in [1.54, 1.807) is 0 Å². The molecular weight excluding hydrogens is 269 g/mol. The fourth-order valence-corrected chi connectivity index (χ4v) is 0. The first-order valence-electron chi connectivity index (χ1n) is 0.408. The molecule has 0 aliphatic rings. The molecule has 0 heterocycles. The van der Waals surface area contributed by atoms with E-state index in [0.29, 0.717) is 0 Å². The molecule has 0 fully saturated rings. The maximum atomic E-state index is 8.40. The van der Waals surface area contributed by atoms with Crippen molar-refractivity contribution in [1.82, 2.24) is 0 Å². The van der Waals surface area contributed by atoms with Crippen LogP contribution in [-0.2, 0) is 19.9 Å². The summed E-state index contributed by atoms with van der Waals surface area (Å²) < 4.78 is 16.8. The van der Waals surface area contributed by atoms with Crippen LogP contribution in [0.2, 0.25) is 0 Å². The Morgan fingerprint density at radius 3 is 1.00 bits per heavy atom. The van der Waals surface area contributed by atoms with E-state index in [0.717, 1.165) is 0 Å². The van der Waals surface area contributed by atoms with Crippen LogP contribution in [-0.4, -0.2) is 95.9 Å². The largest absolute Gasteiger partial charge is 2.00 e. The van der Waals surface area contributed by atoms with Crippen molar-refractivity contribution in [3.8, 4) is 0 Å². The van der Waals surface area contributed by atoms with Gasteiger partial charge in [0.25, 0.3) is 0 Å². The maximum Gasteiger partial charge on any atom is 2.00 e. The van der Waals surface area contributed by atoms with Crippen molar-refractivity contribution < 1.29 is 19.9 Å². The Hall–Kier alpha value is 2.57. The summed E-state index contributed by atoms with van der Waals surface area (Å²) in [6.45, 7) is 0. The summed E-state index contributed by atoms with van der Waals surface area (Å²) in [7, 11) is -1.42. The second-order valence-corrected chi connectivity index (χ2v) is 0.250. The third kappa shape index (κ3) is 56.0. The average Bonchev–Trinajstić information content (AvgIpc) is 0.918. The predicted molar refractivity (Wildman–Crippen MR) is 20.0 cm³/mol. The first-order chi connectivity index (χ1) is 1.41. The van der Waals surface area contributed by atoms with E-state index in [9.17, 15) is 0 Å². The monoisotopic (exact) mass is 270 g/mol. The maximum absolute atomic E-state index is 8.40. The van der Waals surface area contributed by atoms with Crippen LogP contribution in [0.5, 0.6) is 0 Å². The standard InChI is InChI=1S/Ba.Ca.O2Si.2O/c;;1-3-2;;/q2*+2;;2*-2. The van der Waals surface area contributed by atoms with Crippen LogP contribution in [0.3, 0.4) is 0 Å². The molecule has 0 N–H and O–H groups in total. The minimum absolute atomic E-state index is 0. The molecule has 7 heavy (non-hydrogen) atoms. The Kier molecular flexibility index (Phi) is 185.